The summed E-state index contributed by atoms with van der Waals surface area (Å²) in [7, 11) is 0. The fraction of sp³-hybridized carbons (Fsp3) is 0. The molecule has 0 saturated carbocycles. The van der Waals surface area contributed by atoms with E-state index < -0.39 is 84.1 Å². The third kappa shape index (κ3) is 3.85. The second-order valence-corrected chi connectivity index (χ2v) is 12.2. The summed E-state index contributed by atoms with van der Waals surface area (Å²) in [6.07, 6.45) is 0. The number of fused-ring (bicyclic) bond motifs is 10. The van der Waals surface area contributed by atoms with E-state index >= 15 is 0 Å². The molecule has 2 heterocycles. The average molecular weight is 650 g/mol. The Morgan fingerprint density at radius 3 is 1.54 bits per heavy atom. The highest BCUT2D eigenvalue weighted by Crippen LogP contribution is 2.47. The second kappa shape index (κ2) is 10.4. The molecular weight excluding hydrogens is 609 g/mol. The molecule has 0 atom stereocenters. The van der Waals surface area contributed by atoms with E-state index in [2.05, 4.69) is 0 Å². The van der Waals surface area contributed by atoms with Gasteiger partial charge in [0.2, 0.25) is 0 Å². The molecule has 0 radical (unpaired) electrons. The van der Waals surface area contributed by atoms with E-state index in [0.29, 0.717) is 27.5 Å². The monoisotopic (exact) mass is 649 g/mol. The van der Waals surface area contributed by atoms with Crippen LogP contribution in [-0.4, -0.2) is 0 Å². The molecule has 0 bridgehead atoms. The molecule has 11 aromatic rings. The van der Waals surface area contributed by atoms with Gasteiger partial charge in [0.15, 0.2) is 0 Å². The molecule has 0 aliphatic heterocycles. The first-order valence-corrected chi connectivity index (χ1v) is 16.0. The Labute approximate surface area is 305 Å². The lowest BCUT2D eigenvalue weighted by Gasteiger charge is -2.19. The molecule has 0 aliphatic carbocycles. The maximum atomic E-state index is 9.39. The highest BCUT2D eigenvalue weighted by molar-refractivity contribution is 6.27. The van der Waals surface area contributed by atoms with Gasteiger partial charge in [0.05, 0.1) is 17.8 Å². The molecule has 11 rings (SSSR count). The molecule has 0 unspecified atom stereocenters. The molecule has 2 heteroatoms. The smallest absolute Gasteiger partial charge is 0.136 e. The second-order valence-electron chi connectivity index (χ2n) is 12.2. The molecule has 0 N–H and O–H groups in total. The molecule has 9 aromatic carbocycles. The topological polar surface area (TPSA) is 26.3 Å². The Bertz CT molecular complexity index is 3800. The Morgan fingerprint density at radius 2 is 0.860 bits per heavy atom. The van der Waals surface area contributed by atoms with Crippen LogP contribution in [-0.2, 0) is 0 Å². The van der Waals surface area contributed by atoms with Gasteiger partial charge in [-0.05, 0) is 96.0 Å². The number of hydrogen-bond donors (Lipinski definition) is 0. The van der Waals surface area contributed by atoms with Gasteiger partial charge in [-0.2, -0.15) is 0 Å². The molecule has 50 heavy (non-hydrogen) atoms. The molecule has 232 valence electrons. The van der Waals surface area contributed by atoms with E-state index in [4.69, 9.17) is 21.2 Å². The van der Waals surface area contributed by atoms with Crippen molar-refractivity contribution >= 4 is 76.2 Å². The van der Waals surface area contributed by atoms with E-state index in [0.717, 1.165) is 43.8 Å². The first-order valence-electron chi connectivity index (χ1n) is 22.5. The average Bonchev–Trinajstić information content (AvgIpc) is 3.87. The van der Waals surface area contributed by atoms with Crippen molar-refractivity contribution in [2.24, 2.45) is 0 Å². The quantitative estimate of drug-likeness (QED) is 0.178. The van der Waals surface area contributed by atoms with Crippen molar-refractivity contribution in [3.05, 3.63) is 170 Å². The molecular formula is C48H28O2. The van der Waals surface area contributed by atoms with Crippen molar-refractivity contribution < 1.29 is 26.7 Å². The van der Waals surface area contributed by atoms with Gasteiger partial charge in [0.25, 0.3) is 0 Å². The summed E-state index contributed by atoms with van der Waals surface area (Å²) >= 11 is 0. The lowest BCUT2D eigenvalue weighted by molar-refractivity contribution is 0.663. The van der Waals surface area contributed by atoms with Gasteiger partial charge in [0, 0.05) is 21.5 Å². The third-order valence-electron chi connectivity index (χ3n) is 9.61. The largest absolute Gasteiger partial charge is 0.456 e. The number of furan rings is 2. The summed E-state index contributed by atoms with van der Waals surface area (Å²) < 4.78 is 128. The van der Waals surface area contributed by atoms with Crippen LogP contribution in [0.1, 0.15) is 17.8 Å². The molecule has 2 nitrogen and oxygen atoms in total. The molecule has 0 aliphatic rings. The summed E-state index contributed by atoms with van der Waals surface area (Å²) in [5, 5.41) is 4.27. The molecule has 0 saturated heterocycles. The Morgan fingerprint density at radius 1 is 0.340 bits per heavy atom. The van der Waals surface area contributed by atoms with Gasteiger partial charge in [0.1, 0.15) is 22.3 Å². The molecule has 2 aromatic heterocycles. The maximum absolute atomic E-state index is 9.39. The minimum atomic E-state index is -0.719. The van der Waals surface area contributed by atoms with Crippen molar-refractivity contribution in [2.75, 3.05) is 0 Å². The Balaban J connectivity index is 1.25. The Hall–Kier alpha value is -6.64. The number of rotatable bonds is 3. The van der Waals surface area contributed by atoms with Crippen LogP contribution in [0.25, 0.3) is 110 Å². The van der Waals surface area contributed by atoms with E-state index in [1.165, 1.54) is 0 Å². The highest BCUT2D eigenvalue weighted by Gasteiger charge is 2.20. The highest BCUT2D eigenvalue weighted by atomic mass is 16.3. The zero-order valence-electron chi connectivity index (χ0n) is 39.0. The summed E-state index contributed by atoms with van der Waals surface area (Å²) in [5.74, 6) is 0. The predicted molar refractivity (Wildman–Crippen MR) is 210 cm³/mol. The predicted octanol–water partition coefficient (Wildman–Crippen LogP) is 13.9. The van der Waals surface area contributed by atoms with Crippen molar-refractivity contribution in [2.45, 2.75) is 0 Å². The lowest BCUT2D eigenvalue weighted by atomic mass is 9.84. The van der Waals surface area contributed by atoms with Gasteiger partial charge in [-0.1, -0.05) is 139 Å². The summed E-state index contributed by atoms with van der Waals surface area (Å²) in [5.41, 5.74) is 4.11. The first-order chi connectivity index (χ1) is 30.2. The lowest BCUT2D eigenvalue weighted by Crippen LogP contribution is -1.92. The fourth-order valence-electron chi connectivity index (χ4n) is 7.54. The molecule has 0 spiro atoms. The van der Waals surface area contributed by atoms with Crippen LogP contribution in [0.5, 0.6) is 0 Å². The van der Waals surface area contributed by atoms with E-state index in [-0.39, 0.29) is 32.7 Å². The van der Waals surface area contributed by atoms with E-state index in [1.54, 1.807) is 12.1 Å². The maximum Gasteiger partial charge on any atom is 0.136 e. The number of benzene rings is 9. The van der Waals surface area contributed by atoms with Gasteiger partial charge in [-0.15, -0.1) is 0 Å². The van der Waals surface area contributed by atoms with Gasteiger partial charge in [-0.3, -0.25) is 0 Å². The molecule has 0 fully saturated rings. The van der Waals surface area contributed by atoms with Crippen molar-refractivity contribution in [1.82, 2.24) is 0 Å². The van der Waals surface area contributed by atoms with Crippen LogP contribution >= 0.6 is 0 Å². The van der Waals surface area contributed by atoms with Crippen LogP contribution in [0.4, 0.5) is 0 Å². The fourth-order valence-corrected chi connectivity index (χ4v) is 7.54. The van der Waals surface area contributed by atoms with Gasteiger partial charge in [-0.25, -0.2) is 0 Å². The zero-order chi connectivity index (χ0) is 44.1. The number of para-hydroxylation sites is 1. The number of hydrogen-bond acceptors (Lipinski definition) is 2. The van der Waals surface area contributed by atoms with Gasteiger partial charge < -0.3 is 8.83 Å². The standard InChI is InChI=1S/C48H28O2/c1-2-12-29(13-3-1)45-34-16-6-8-18-36(34)46(37-19-9-7-17-35(37)45)38-25-24-31(32-14-4-5-15-33(32)38)30-22-23-40-44(28-30)50-43-27-26-42-47(48(40)43)39-20-10-11-21-41(39)49-42/h1-28H/i1D,2D,3D,6D,7D,8D,9D,12D,13D,16D,17D,18D,19D. The van der Waals surface area contributed by atoms with Gasteiger partial charge >= 0.3 is 0 Å². The minimum Gasteiger partial charge on any atom is -0.456 e. The van der Waals surface area contributed by atoms with Crippen molar-refractivity contribution in [1.29, 1.82) is 0 Å². The SMILES string of the molecule is [2H]c1c([2H])c([2H])c(-c2c3c([2H])c([2H])c([2H])c([2H])c3c(-c3ccc(-c4ccc5c(c4)oc4ccc6oc7ccccc7c6c45)c4ccccc34)c3c([2H])c([2H])c([2H])c([2H])c23)c([2H])c1[2H]. The van der Waals surface area contributed by atoms with Crippen LogP contribution in [0.15, 0.2) is 178 Å². The van der Waals surface area contributed by atoms with Crippen LogP contribution in [0, 0.1) is 0 Å². The third-order valence-corrected chi connectivity index (χ3v) is 9.61. The van der Waals surface area contributed by atoms with Crippen LogP contribution in [0.2, 0.25) is 0 Å². The first kappa shape index (κ1) is 17.7. The van der Waals surface area contributed by atoms with E-state index in [9.17, 15) is 5.48 Å². The summed E-state index contributed by atoms with van der Waals surface area (Å²) in [6.45, 7) is 0. The van der Waals surface area contributed by atoms with Crippen molar-refractivity contribution in [3.63, 3.8) is 0 Å². The summed E-state index contributed by atoms with van der Waals surface area (Å²) in [4.78, 5) is 0. The van der Waals surface area contributed by atoms with Crippen LogP contribution < -0.4 is 0 Å². The van der Waals surface area contributed by atoms with Crippen LogP contribution in [0.3, 0.4) is 0 Å². The molecule has 0 amide bonds. The van der Waals surface area contributed by atoms with Crippen molar-refractivity contribution in [3.8, 4) is 33.4 Å². The Kier molecular flexibility index (Phi) is 3.68. The summed E-state index contributed by atoms with van der Waals surface area (Å²) in [6, 6.07) is 20.2. The zero-order valence-corrected chi connectivity index (χ0v) is 26.0. The normalized spacial score (nSPS) is 15.6. The van der Waals surface area contributed by atoms with E-state index in [1.807, 2.05) is 78.9 Å². The minimum absolute atomic E-state index is 0.0713.